The van der Waals surface area contributed by atoms with Crippen molar-refractivity contribution in [1.29, 1.82) is 0 Å². The Morgan fingerprint density at radius 2 is 1.32 bits per heavy atom. The average molecular weight is 872 g/mol. The van der Waals surface area contributed by atoms with E-state index in [-0.39, 0.29) is 12.0 Å². The molecule has 2 aromatic heterocycles. The van der Waals surface area contributed by atoms with E-state index in [0.29, 0.717) is 50.3 Å². The molecule has 332 valence electrons. The van der Waals surface area contributed by atoms with Crippen molar-refractivity contribution in [2.75, 3.05) is 13.3 Å². The highest BCUT2D eigenvalue weighted by Crippen LogP contribution is 2.43. The van der Waals surface area contributed by atoms with Crippen LogP contribution in [0.15, 0.2) is 140 Å². The first-order chi connectivity index (χ1) is 31.8. The maximum atomic E-state index is 13.9. The van der Waals surface area contributed by atoms with Crippen LogP contribution in [0.25, 0.3) is 22.5 Å². The summed E-state index contributed by atoms with van der Waals surface area (Å²) in [4.78, 5) is 45.8. The third-order valence-corrected chi connectivity index (χ3v) is 12.1. The molecule has 13 nitrogen and oxygen atoms in total. The summed E-state index contributed by atoms with van der Waals surface area (Å²) < 4.78 is 19.9. The third kappa shape index (κ3) is 8.91. The van der Waals surface area contributed by atoms with E-state index in [1.54, 1.807) is 0 Å². The quantitative estimate of drug-likeness (QED) is 0.0524. The Kier molecular flexibility index (Phi) is 13.6. The number of rotatable bonds is 16. The van der Waals surface area contributed by atoms with E-state index in [2.05, 4.69) is 78.9 Å². The number of ether oxygens (including phenoxy) is 3. The lowest BCUT2D eigenvalue weighted by Crippen LogP contribution is -2.44. The molecule has 0 fully saturated rings. The minimum Gasteiger partial charge on any atom is -0.431 e. The van der Waals surface area contributed by atoms with E-state index < -0.39 is 30.5 Å². The fraction of sp³-hybridized carbons (Fsp3) is 0.288. The molecule has 0 spiro atoms. The second kappa shape index (κ2) is 20.0. The van der Waals surface area contributed by atoms with Crippen molar-refractivity contribution in [1.82, 2.24) is 34.7 Å². The van der Waals surface area contributed by atoms with Crippen LogP contribution in [0.5, 0.6) is 0 Å². The zero-order chi connectivity index (χ0) is 45.3. The molecule has 1 amide bonds. The predicted molar refractivity (Wildman–Crippen MR) is 245 cm³/mol. The van der Waals surface area contributed by atoms with Crippen LogP contribution in [0.2, 0.25) is 0 Å². The molecule has 0 radical (unpaired) electrons. The van der Waals surface area contributed by atoms with E-state index in [0.717, 1.165) is 56.9 Å². The van der Waals surface area contributed by atoms with Crippen molar-refractivity contribution in [3.8, 4) is 22.5 Å². The number of amides is 1. The Morgan fingerprint density at radius 3 is 1.89 bits per heavy atom. The minimum atomic E-state index is -1.08. The van der Waals surface area contributed by atoms with Gasteiger partial charge in [-0.15, -0.1) is 5.10 Å². The molecule has 0 saturated carbocycles. The third-order valence-electron chi connectivity index (χ3n) is 12.1. The number of esters is 1. The molecule has 3 heterocycles. The van der Waals surface area contributed by atoms with Gasteiger partial charge in [-0.2, -0.15) is 0 Å². The smallest absolute Gasteiger partial charge is 0.431 e. The molecular formula is C52H53N7O6. The number of carbonyl (C=O) groups is 3. The standard InChI is InChI=1S/C52H53N7O6/c1-5-19-46-53-45-32-33-57(36(4)60)48(50(61)63-35-64-51(62)65-42(6-2)7-3)47(45)58(46)34-37-28-30-38(31-29-37)43-26-17-18-27-44(43)49-54-55-56-59(49)52(39-20-11-8-12-21-39,40-22-13-9-14-23-40)41-24-15-10-16-25-41/h8-18,20-31,42,48H,5-7,19,32-35H2,1-4H3. The van der Waals surface area contributed by atoms with Gasteiger partial charge in [0.05, 0.1) is 11.4 Å². The van der Waals surface area contributed by atoms with Gasteiger partial charge in [-0.3, -0.25) is 4.79 Å². The summed E-state index contributed by atoms with van der Waals surface area (Å²) in [7, 11) is 0. The van der Waals surface area contributed by atoms with Gasteiger partial charge < -0.3 is 23.7 Å². The number of hydrogen-bond donors (Lipinski definition) is 0. The summed E-state index contributed by atoms with van der Waals surface area (Å²) in [5.74, 6) is 0.410. The number of aromatic nitrogens is 6. The molecule has 0 N–H and O–H groups in total. The molecule has 0 bridgehead atoms. The fourth-order valence-electron chi connectivity index (χ4n) is 8.96. The molecule has 0 saturated heterocycles. The van der Waals surface area contributed by atoms with Gasteiger partial charge in [0.15, 0.2) is 11.9 Å². The minimum absolute atomic E-state index is 0.279. The Morgan fingerprint density at radius 1 is 0.738 bits per heavy atom. The first-order valence-electron chi connectivity index (χ1n) is 22.3. The van der Waals surface area contributed by atoms with E-state index >= 15 is 0 Å². The Balaban J connectivity index is 1.13. The van der Waals surface area contributed by atoms with Crippen LogP contribution >= 0.6 is 0 Å². The van der Waals surface area contributed by atoms with Crippen LogP contribution in [0.1, 0.15) is 92.5 Å². The fourth-order valence-corrected chi connectivity index (χ4v) is 8.96. The van der Waals surface area contributed by atoms with Gasteiger partial charge >= 0.3 is 12.1 Å². The maximum absolute atomic E-state index is 13.9. The number of tetrazole rings is 1. The second-order valence-corrected chi connectivity index (χ2v) is 16.1. The molecular weight excluding hydrogens is 819 g/mol. The molecule has 65 heavy (non-hydrogen) atoms. The molecule has 1 aliphatic heterocycles. The summed E-state index contributed by atoms with van der Waals surface area (Å²) in [6, 6.07) is 46.3. The van der Waals surface area contributed by atoms with Gasteiger partial charge in [0, 0.05) is 38.4 Å². The first kappa shape index (κ1) is 44.2. The van der Waals surface area contributed by atoms with Crippen LogP contribution in [0.3, 0.4) is 0 Å². The van der Waals surface area contributed by atoms with Crippen LogP contribution in [-0.2, 0) is 48.7 Å². The highest BCUT2D eigenvalue weighted by Gasteiger charge is 2.43. The lowest BCUT2D eigenvalue weighted by atomic mass is 9.77. The van der Waals surface area contributed by atoms with Crippen LogP contribution in [-0.4, -0.2) is 72.1 Å². The Hall–Kier alpha value is -7.41. The van der Waals surface area contributed by atoms with Crippen LogP contribution in [0.4, 0.5) is 4.79 Å². The molecule has 1 unspecified atom stereocenters. The van der Waals surface area contributed by atoms with Crippen molar-refractivity contribution >= 4 is 18.0 Å². The zero-order valence-electron chi connectivity index (χ0n) is 37.2. The van der Waals surface area contributed by atoms with Gasteiger partial charge in [-0.1, -0.05) is 160 Å². The van der Waals surface area contributed by atoms with Gasteiger partial charge in [0.25, 0.3) is 0 Å². The van der Waals surface area contributed by atoms with Crippen LogP contribution in [0, 0.1) is 0 Å². The molecule has 1 atom stereocenters. The molecule has 8 rings (SSSR count). The monoisotopic (exact) mass is 871 g/mol. The maximum Gasteiger partial charge on any atom is 0.511 e. The zero-order valence-corrected chi connectivity index (χ0v) is 37.2. The lowest BCUT2D eigenvalue weighted by molar-refractivity contribution is -0.164. The molecule has 5 aromatic carbocycles. The van der Waals surface area contributed by atoms with Crippen molar-refractivity contribution in [2.24, 2.45) is 0 Å². The normalized spacial score (nSPS) is 13.6. The van der Waals surface area contributed by atoms with Gasteiger partial charge in [0.1, 0.15) is 17.5 Å². The van der Waals surface area contributed by atoms with Crippen molar-refractivity contribution in [2.45, 2.75) is 84.0 Å². The van der Waals surface area contributed by atoms with E-state index in [9.17, 15) is 14.4 Å². The van der Waals surface area contributed by atoms with Crippen molar-refractivity contribution < 1.29 is 28.6 Å². The average Bonchev–Trinajstić information content (AvgIpc) is 3.97. The van der Waals surface area contributed by atoms with E-state index in [4.69, 9.17) is 29.5 Å². The SMILES string of the molecule is CCCc1nc2c(n1Cc1ccc(-c3ccccc3-c3nnnn3C(c3ccccc3)(c3ccccc3)c3ccccc3)cc1)C(C(=O)OCOC(=O)OC(CC)CC)N(C(C)=O)CC2. The van der Waals surface area contributed by atoms with Crippen LogP contribution < -0.4 is 0 Å². The van der Waals surface area contributed by atoms with Crippen molar-refractivity contribution in [3.63, 3.8) is 0 Å². The number of aryl methyl sites for hydroxylation is 1. The van der Waals surface area contributed by atoms with E-state index in [1.807, 2.05) is 95.9 Å². The number of imidazole rings is 1. The van der Waals surface area contributed by atoms with Crippen molar-refractivity contribution in [3.05, 3.63) is 179 Å². The van der Waals surface area contributed by atoms with Gasteiger partial charge in [-0.05, 0) is 63.1 Å². The summed E-state index contributed by atoms with van der Waals surface area (Å²) in [5.41, 5.74) is 7.13. The predicted octanol–water partition coefficient (Wildman–Crippen LogP) is 9.33. The Bertz CT molecular complexity index is 2620. The number of fused-ring (bicyclic) bond motifs is 1. The molecule has 1 aliphatic rings. The summed E-state index contributed by atoms with van der Waals surface area (Å²) in [6.45, 7) is 7.36. The molecule has 7 aromatic rings. The number of benzene rings is 5. The summed E-state index contributed by atoms with van der Waals surface area (Å²) in [5, 5.41) is 13.8. The highest BCUT2D eigenvalue weighted by atomic mass is 16.8. The molecule has 13 heteroatoms. The van der Waals surface area contributed by atoms with E-state index in [1.165, 1.54) is 11.8 Å². The Labute approximate surface area is 379 Å². The molecule has 0 aliphatic carbocycles. The summed E-state index contributed by atoms with van der Waals surface area (Å²) >= 11 is 0. The van der Waals surface area contributed by atoms with Gasteiger partial charge in [-0.25, -0.2) is 19.3 Å². The number of hydrogen-bond acceptors (Lipinski definition) is 10. The topological polar surface area (TPSA) is 144 Å². The first-order valence-corrected chi connectivity index (χ1v) is 22.3. The largest absolute Gasteiger partial charge is 0.511 e. The lowest BCUT2D eigenvalue weighted by Gasteiger charge is -2.36. The number of carbonyl (C=O) groups excluding carboxylic acids is 3. The number of nitrogens with zero attached hydrogens (tertiary/aromatic N) is 7. The van der Waals surface area contributed by atoms with Gasteiger partial charge in [0.2, 0.25) is 12.7 Å². The summed E-state index contributed by atoms with van der Waals surface area (Å²) in [6.07, 6.45) is 2.01. The highest BCUT2D eigenvalue weighted by molar-refractivity contribution is 5.85. The second-order valence-electron chi connectivity index (χ2n) is 16.1.